The van der Waals surface area contributed by atoms with Gasteiger partial charge in [0.15, 0.2) is 0 Å². The van der Waals surface area contributed by atoms with Gasteiger partial charge in [-0.3, -0.25) is 4.79 Å². The molecule has 0 heterocycles. The molecule has 0 saturated heterocycles. The zero-order chi connectivity index (χ0) is 17.3. The third kappa shape index (κ3) is 6.29. The van der Waals surface area contributed by atoms with Crippen LogP contribution < -0.4 is 5.32 Å². The molecule has 0 aromatic rings. The Hall–Kier alpha value is -0.710. The summed E-state index contributed by atoms with van der Waals surface area (Å²) in [6, 6.07) is 0. The molecule has 0 fully saturated rings. The number of nitrogens with one attached hydrogen (secondary N) is 1. The smallest absolute Gasteiger partial charge is 0.408 e. The fourth-order valence-electron chi connectivity index (χ4n) is 1.55. The van der Waals surface area contributed by atoms with Gasteiger partial charge in [-0.25, -0.2) is 4.79 Å². The number of ketones is 1. The molecule has 124 valence electrons. The minimum absolute atomic E-state index is 0.119. The molecule has 4 nitrogen and oxygen atoms in total. The number of amides is 1. The average molecular weight is 317 g/mol. The summed E-state index contributed by atoms with van der Waals surface area (Å²) in [4.78, 5) is 23.8. The molecular formula is C16H31NO3S. The van der Waals surface area contributed by atoms with Crippen molar-refractivity contribution in [1.82, 2.24) is 5.32 Å². The Bertz CT molecular complexity index is 406. The molecule has 0 radical (unpaired) electrons. The van der Waals surface area contributed by atoms with Gasteiger partial charge in [0.05, 0.1) is 10.3 Å². The third-order valence-corrected chi connectivity index (χ3v) is 5.50. The lowest BCUT2D eigenvalue weighted by Gasteiger charge is -2.45. The zero-order valence-electron chi connectivity index (χ0n) is 15.1. The first kappa shape index (κ1) is 20.3. The second-order valence-electron chi connectivity index (χ2n) is 7.93. The Morgan fingerprint density at radius 1 is 0.905 bits per heavy atom. The molecule has 0 rings (SSSR count). The largest absolute Gasteiger partial charge is 0.444 e. The van der Waals surface area contributed by atoms with E-state index < -0.39 is 22.0 Å². The summed E-state index contributed by atoms with van der Waals surface area (Å²) in [5.74, 6) is 0.119. The van der Waals surface area contributed by atoms with Crippen molar-refractivity contribution in [3.05, 3.63) is 0 Å². The lowest BCUT2D eigenvalue weighted by Crippen LogP contribution is -2.58. The standard InChI is InChI=1S/C16H31NO3S/c1-11(18)14(5,6)21-16(9,10)15(7,8)17-12(19)20-13(2,3)4/h1-10H3,(H,17,19). The van der Waals surface area contributed by atoms with Gasteiger partial charge < -0.3 is 10.1 Å². The maximum Gasteiger partial charge on any atom is 0.408 e. The zero-order valence-corrected chi connectivity index (χ0v) is 15.9. The molecule has 0 spiro atoms. The van der Waals surface area contributed by atoms with Gasteiger partial charge in [0, 0.05) is 4.75 Å². The Kier molecular flexibility index (Phi) is 5.98. The van der Waals surface area contributed by atoms with Gasteiger partial charge >= 0.3 is 6.09 Å². The van der Waals surface area contributed by atoms with Crippen LogP contribution >= 0.6 is 11.8 Å². The van der Waals surface area contributed by atoms with Crippen LogP contribution in [0.25, 0.3) is 0 Å². The van der Waals surface area contributed by atoms with E-state index in [-0.39, 0.29) is 10.5 Å². The molecular weight excluding hydrogens is 286 g/mol. The first-order valence-corrected chi connectivity index (χ1v) is 8.04. The minimum atomic E-state index is -0.535. The van der Waals surface area contributed by atoms with E-state index in [4.69, 9.17) is 4.74 Å². The molecule has 1 N–H and O–H groups in total. The second kappa shape index (κ2) is 6.19. The summed E-state index contributed by atoms with van der Waals surface area (Å²) in [6.07, 6.45) is -0.443. The molecule has 0 atom stereocenters. The first-order valence-electron chi connectivity index (χ1n) is 7.22. The molecule has 0 aliphatic carbocycles. The van der Waals surface area contributed by atoms with Crippen LogP contribution in [0.2, 0.25) is 0 Å². The van der Waals surface area contributed by atoms with Crippen LogP contribution in [0.1, 0.15) is 69.2 Å². The fourth-order valence-corrected chi connectivity index (χ4v) is 3.27. The van der Waals surface area contributed by atoms with Gasteiger partial charge in [0.25, 0.3) is 0 Å². The highest BCUT2D eigenvalue weighted by Crippen LogP contribution is 2.43. The van der Waals surface area contributed by atoms with Gasteiger partial charge in [0.2, 0.25) is 0 Å². The highest BCUT2D eigenvalue weighted by molar-refractivity contribution is 8.02. The fraction of sp³-hybridized carbons (Fsp3) is 0.875. The summed E-state index contributed by atoms with van der Waals surface area (Å²) < 4.78 is 4.47. The normalized spacial score (nSPS) is 13.8. The topological polar surface area (TPSA) is 55.4 Å². The molecule has 0 aromatic carbocycles. The molecule has 0 saturated carbocycles. The van der Waals surface area contributed by atoms with Crippen molar-refractivity contribution >= 4 is 23.6 Å². The van der Waals surface area contributed by atoms with Crippen LogP contribution in [0.5, 0.6) is 0 Å². The maximum atomic E-state index is 12.0. The molecule has 0 bridgehead atoms. The van der Waals surface area contributed by atoms with E-state index in [0.717, 1.165) is 0 Å². The number of ether oxygens (including phenoxy) is 1. The SMILES string of the molecule is CC(=O)C(C)(C)SC(C)(C)C(C)(C)NC(=O)OC(C)(C)C. The number of carbonyl (C=O) groups is 2. The van der Waals surface area contributed by atoms with E-state index in [2.05, 4.69) is 5.32 Å². The van der Waals surface area contributed by atoms with Crippen LogP contribution in [0.3, 0.4) is 0 Å². The number of rotatable bonds is 5. The van der Waals surface area contributed by atoms with Crippen LogP contribution in [-0.2, 0) is 9.53 Å². The summed E-state index contributed by atoms with van der Waals surface area (Å²) in [7, 11) is 0. The molecule has 5 heteroatoms. The number of Topliss-reactive ketones (excluding diaryl/α,β-unsaturated/α-hetero) is 1. The van der Waals surface area contributed by atoms with Crippen molar-refractivity contribution < 1.29 is 14.3 Å². The number of thioether (sulfide) groups is 1. The van der Waals surface area contributed by atoms with E-state index >= 15 is 0 Å². The molecule has 0 unspecified atom stereocenters. The predicted molar refractivity (Wildman–Crippen MR) is 89.9 cm³/mol. The van der Waals surface area contributed by atoms with Gasteiger partial charge in [-0.05, 0) is 69.2 Å². The van der Waals surface area contributed by atoms with Crippen molar-refractivity contribution in [3.8, 4) is 0 Å². The van der Waals surface area contributed by atoms with Crippen LogP contribution in [-0.4, -0.2) is 32.5 Å². The van der Waals surface area contributed by atoms with E-state index in [9.17, 15) is 9.59 Å². The number of hydrogen-bond donors (Lipinski definition) is 1. The highest BCUT2D eigenvalue weighted by atomic mass is 32.2. The molecule has 0 aliphatic heterocycles. The number of hydrogen-bond acceptors (Lipinski definition) is 4. The van der Waals surface area contributed by atoms with E-state index in [1.165, 1.54) is 0 Å². The summed E-state index contributed by atoms with van der Waals surface area (Å²) in [5, 5.41) is 2.92. The van der Waals surface area contributed by atoms with E-state index in [1.54, 1.807) is 18.7 Å². The van der Waals surface area contributed by atoms with Crippen molar-refractivity contribution in [2.24, 2.45) is 0 Å². The average Bonchev–Trinajstić information content (AvgIpc) is 2.09. The molecule has 21 heavy (non-hydrogen) atoms. The molecule has 0 aromatic heterocycles. The molecule has 1 amide bonds. The van der Waals surface area contributed by atoms with E-state index in [1.807, 2.05) is 62.3 Å². The lowest BCUT2D eigenvalue weighted by molar-refractivity contribution is -0.118. The highest BCUT2D eigenvalue weighted by Gasteiger charge is 2.44. The summed E-state index contributed by atoms with van der Waals surface area (Å²) in [6.45, 7) is 18.8. The van der Waals surface area contributed by atoms with Gasteiger partial charge in [0.1, 0.15) is 11.4 Å². The van der Waals surface area contributed by atoms with Gasteiger partial charge in [-0.15, -0.1) is 11.8 Å². The van der Waals surface area contributed by atoms with Crippen LogP contribution in [0.4, 0.5) is 4.79 Å². The van der Waals surface area contributed by atoms with Crippen molar-refractivity contribution in [3.63, 3.8) is 0 Å². The second-order valence-corrected chi connectivity index (χ2v) is 10.2. The van der Waals surface area contributed by atoms with E-state index in [0.29, 0.717) is 0 Å². The van der Waals surface area contributed by atoms with Crippen molar-refractivity contribution in [2.75, 3.05) is 0 Å². The first-order chi connectivity index (χ1) is 9.00. The predicted octanol–water partition coefficient (Wildman–Crippen LogP) is 4.17. The van der Waals surface area contributed by atoms with Gasteiger partial charge in [-0.1, -0.05) is 0 Å². The monoisotopic (exact) mass is 317 g/mol. The minimum Gasteiger partial charge on any atom is -0.444 e. The lowest BCUT2D eigenvalue weighted by atomic mass is 9.90. The van der Waals surface area contributed by atoms with Crippen molar-refractivity contribution in [2.45, 2.75) is 89.9 Å². The Morgan fingerprint density at radius 3 is 1.67 bits per heavy atom. The quantitative estimate of drug-likeness (QED) is 0.827. The number of alkyl carbamates (subject to hydrolysis) is 1. The Morgan fingerprint density at radius 2 is 1.33 bits per heavy atom. The Balaban J connectivity index is 5.04. The maximum absolute atomic E-state index is 12.0. The third-order valence-electron chi connectivity index (χ3n) is 3.68. The Labute approximate surface area is 133 Å². The van der Waals surface area contributed by atoms with Gasteiger partial charge in [-0.2, -0.15) is 0 Å². The molecule has 0 aliphatic rings. The summed E-state index contributed by atoms with van der Waals surface area (Å²) >= 11 is 1.56. The van der Waals surface area contributed by atoms with Crippen molar-refractivity contribution in [1.29, 1.82) is 0 Å². The summed E-state index contributed by atoms with van der Waals surface area (Å²) in [5.41, 5.74) is -1.07. The van der Waals surface area contributed by atoms with Crippen LogP contribution in [0.15, 0.2) is 0 Å². The van der Waals surface area contributed by atoms with Crippen LogP contribution in [0, 0.1) is 0 Å². The number of carbonyl (C=O) groups excluding carboxylic acids is 2.